The third-order valence-electron chi connectivity index (χ3n) is 4.86. The molecule has 2 nitrogen and oxygen atoms in total. The average molecular weight is 395 g/mol. The number of alkyl halides is 1. The normalized spacial score (nSPS) is 19.9. The minimum atomic E-state index is -0.261. The third kappa shape index (κ3) is 3.21. The fourth-order valence-corrected chi connectivity index (χ4v) is 4.31. The largest absolute Gasteiger partial charge is 0.453 e. The lowest BCUT2D eigenvalue weighted by molar-refractivity contribution is 0.0296. The van der Waals surface area contributed by atoms with Crippen molar-refractivity contribution >= 4 is 32.7 Å². The summed E-state index contributed by atoms with van der Waals surface area (Å²) in [5.41, 5.74) is 3.02. The molecular formula is C22H19BrO2. The maximum absolute atomic E-state index is 13.0. The standard InChI is InChI=1S/C22H19BrO2/c23-20-14-6-10-16-8-2-4-12-18(16)21(20)25-22(24)19-13-5-9-15-7-1-3-11-17(15)19/h1-5,7-9,11-13,20-21H,6,10,14H2/t20-,21-/m0/s1. The zero-order valence-corrected chi connectivity index (χ0v) is 15.4. The van der Waals surface area contributed by atoms with Crippen LogP contribution in [0.1, 0.15) is 40.4 Å². The predicted octanol–water partition coefficient (Wildman–Crippen LogP) is 5.84. The molecule has 0 aliphatic heterocycles. The molecule has 126 valence electrons. The van der Waals surface area contributed by atoms with Gasteiger partial charge in [-0.05, 0) is 47.2 Å². The molecule has 1 aliphatic rings. The molecular weight excluding hydrogens is 376 g/mol. The maximum atomic E-state index is 13.0. The lowest BCUT2D eigenvalue weighted by Gasteiger charge is -2.23. The van der Waals surface area contributed by atoms with Crippen molar-refractivity contribution in [3.05, 3.63) is 83.4 Å². The van der Waals surface area contributed by atoms with Crippen LogP contribution in [-0.2, 0) is 11.2 Å². The van der Waals surface area contributed by atoms with E-state index in [4.69, 9.17) is 4.74 Å². The molecule has 3 aromatic rings. The maximum Gasteiger partial charge on any atom is 0.339 e. The summed E-state index contributed by atoms with van der Waals surface area (Å²) in [5.74, 6) is -0.261. The van der Waals surface area contributed by atoms with Crippen molar-refractivity contribution in [2.24, 2.45) is 0 Å². The van der Waals surface area contributed by atoms with Crippen molar-refractivity contribution in [1.29, 1.82) is 0 Å². The number of esters is 1. The van der Waals surface area contributed by atoms with Crippen LogP contribution in [0.15, 0.2) is 66.7 Å². The highest BCUT2D eigenvalue weighted by atomic mass is 79.9. The zero-order chi connectivity index (χ0) is 17.2. The molecule has 0 amide bonds. The second-order valence-electron chi connectivity index (χ2n) is 6.46. The van der Waals surface area contributed by atoms with Crippen molar-refractivity contribution in [3.63, 3.8) is 0 Å². The fraction of sp³-hybridized carbons (Fsp3) is 0.227. The van der Waals surface area contributed by atoms with E-state index in [1.807, 2.05) is 48.5 Å². The van der Waals surface area contributed by atoms with Gasteiger partial charge in [-0.3, -0.25) is 0 Å². The summed E-state index contributed by atoms with van der Waals surface area (Å²) in [6.07, 6.45) is 2.85. The van der Waals surface area contributed by atoms with Gasteiger partial charge in [-0.25, -0.2) is 4.79 Å². The first-order valence-electron chi connectivity index (χ1n) is 8.64. The molecule has 1 aliphatic carbocycles. The van der Waals surface area contributed by atoms with E-state index in [0.717, 1.165) is 35.6 Å². The molecule has 0 saturated carbocycles. The summed E-state index contributed by atoms with van der Waals surface area (Å²) < 4.78 is 6.02. The fourth-order valence-electron chi connectivity index (χ4n) is 3.59. The zero-order valence-electron chi connectivity index (χ0n) is 13.8. The van der Waals surface area contributed by atoms with Crippen LogP contribution in [0.2, 0.25) is 0 Å². The van der Waals surface area contributed by atoms with Gasteiger partial charge in [0.05, 0.1) is 10.4 Å². The number of carbonyl (C=O) groups excluding carboxylic acids is 1. The van der Waals surface area contributed by atoms with Crippen LogP contribution < -0.4 is 0 Å². The predicted molar refractivity (Wildman–Crippen MR) is 104 cm³/mol. The Labute approximate surface area is 155 Å². The highest BCUT2D eigenvalue weighted by Gasteiger charge is 2.29. The van der Waals surface area contributed by atoms with E-state index >= 15 is 0 Å². The Morgan fingerprint density at radius 1 is 0.960 bits per heavy atom. The summed E-state index contributed by atoms with van der Waals surface area (Å²) in [6.45, 7) is 0. The number of fused-ring (bicyclic) bond motifs is 2. The molecule has 0 bridgehead atoms. The van der Waals surface area contributed by atoms with E-state index in [1.165, 1.54) is 5.56 Å². The molecule has 2 atom stereocenters. The minimum absolute atomic E-state index is 0.134. The van der Waals surface area contributed by atoms with E-state index < -0.39 is 0 Å². The Hall–Kier alpha value is -2.13. The molecule has 0 radical (unpaired) electrons. The first-order valence-corrected chi connectivity index (χ1v) is 9.56. The molecule has 0 aromatic heterocycles. The number of hydrogen-bond donors (Lipinski definition) is 0. The Morgan fingerprint density at radius 2 is 1.72 bits per heavy atom. The molecule has 0 spiro atoms. The first-order chi connectivity index (χ1) is 12.2. The summed E-state index contributed by atoms with van der Waals surface area (Å²) in [5, 5.41) is 1.98. The Morgan fingerprint density at radius 3 is 2.64 bits per heavy atom. The lowest BCUT2D eigenvalue weighted by Crippen LogP contribution is -2.20. The Balaban J connectivity index is 1.70. The van der Waals surface area contributed by atoms with Gasteiger partial charge in [0, 0.05) is 0 Å². The van der Waals surface area contributed by atoms with E-state index in [-0.39, 0.29) is 16.9 Å². The van der Waals surface area contributed by atoms with Crippen LogP contribution in [0.3, 0.4) is 0 Å². The van der Waals surface area contributed by atoms with Gasteiger partial charge in [0.15, 0.2) is 0 Å². The molecule has 0 saturated heterocycles. The van der Waals surface area contributed by atoms with Crippen LogP contribution in [0.25, 0.3) is 10.8 Å². The number of ether oxygens (including phenoxy) is 1. The van der Waals surface area contributed by atoms with E-state index in [1.54, 1.807) is 0 Å². The number of carbonyl (C=O) groups is 1. The highest BCUT2D eigenvalue weighted by molar-refractivity contribution is 9.09. The summed E-state index contributed by atoms with van der Waals surface area (Å²) in [6, 6.07) is 22.0. The summed E-state index contributed by atoms with van der Waals surface area (Å²) in [7, 11) is 0. The van der Waals surface area contributed by atoms with Gasteiger partial charge in [-0.1, -0.05) is 76.6 Å². The molecule has 3 heteroatoms. The van der Waals surface area contributed by atoms with Crippen molar-refractivity contribution in [3.8, 4) is 0 Å². The van der Waals surface area contributed by atoms with Crippen LogP contribution in [0, 0.1) is 0 Å². The highest BCUT2D eigenvalue weighted by Crippen LogP contribution is 2.36. The van der Waals surface area contributed by atoms with Crippen LogP contribution in [-0.4, -0.2) is 10.8 Å². The van der Waals surface area contributed by atoms with Crippen molar-refractivity contribution < 1.29 is 9.53 Å². The molecule has 0 fully saturated rings. The van der Waals surface area contributed by atoms with Gasteiger partial charge in [0.1, 0.15) is 6.10 Å². The number of rotatable bonds is 2. The topological polar surface area (TPSA) is 26.3 Å². The third-order valence-corrected chi connectivity index (χ3v) is 5.80. The van der Waals surface area contributed by atoms with Crippen molar-refractivity contribution in [2.45, 2.75) is 30.2 Å². The number of halogens is 1. The molecule has 4 rings (SSSR count). The van der Waals surface area contributed by atoms with Crippen LogP contribution >= 0.6 is 15.9 Å². The minimum Gasteiger partial charge on any atom is -0.453 e. The van der Waals surface area contributed by atoms with E-state index in [2.05, 4.69) is 34.1 Å². The van der Waals surface area contributed by atoms with Crippen molar-refractivity contribution in [2.75, 3.05) is 0 Å². The van der Waals surface area contributed by atoms with Crippen LogP contribution in [0.5, 0.6) is 0 Å². The van der Waals surface area contributed by atoms with E-state index in [9.17, 15) is 4.79 Å². The molecule has 0 heterocycles. The van der Waals surface area contributed by atoms with Gasteiger partial charge in [-0.15, -0.1) is 0 Å². The van der Waals surface area contributed by atoms with Gasteiger partial charge in [0.25, 0.3) is 0 Å². The summed E-state index contributed by atoms with van der Waals surface area (Å²) >= 11 is 3.75. The Kier molecular flexibility index (Phi) is 4.58. The Bertz CT molecular complexity index is 913. The van der Waals surface area contributed by atoms with Gasteiger partial charge >= 0.3 is 5.97 Å². The van der Waals surface area contributed by atoms with Crippen molar-refractivity contribution in [1.82, 2.24) is 0 Å². The van der Waals surface area contributed by atoms with Gasteiger partial charge < -0.3 is 4.74 Å². The molecule has 25 heavy (non-hydrogen) atoms. The van der Waals surface area contributed by atoms with Crippen LogP contribution in [0.4, 0.5) is 0 Å². The molecule has 0 N–H and O–H groups in total. The second-order valence-corrected chi connectivity index (χ2v) is 7.64. The lowest BCUT2D eigenvalue weighted by atomic mass is 10.0. The van der Waals surface area contributed by atoms with E-state index in [0.29, 0.717) is 5.56 Å². The number of aryl methyl sites for hydroxylation is 1. The smallest absolute Gasteiger partial charge is 0.339 e. The van der Waals surface area contributed by atoms with Gasteiger partial charge in [0.2, 0.25) is 0 Å². The second kappa shape index (κ2) is 7.01. The SMILES string of the molecule is O=C(O[C@H]1c2ccccc2CCC[C@@H]1Br)c1cccc2ccccc12. The quantitative estimate of drug-likeness (QED) is 0.310. The molecule has 0 unspecified atom stereocenters. The first kappa shape index (κ1) is 16.3. The summed E-state index contributed by atoms with van der Waals surface area (Å²) in [4.78, 5) is 13.1. The van der Waals surface area contributed by atoms with Gasteiger partial charge in [-0.2, -0.15) is 0 Å². The number of hydrogen-bond acceptors (Lipinski definition) is 2. The number of benzene rings is 3. The average Bonchev–Trinajstić information content (AvgIpc) is 2.80. The molecule has 3 aromatic carbocycles. The monoisotopic (exact) mass is 394 g/mol.